The Hall–Kier alpha value is -2.66. The predicted octanol–water partition coefficient (Wildman–Crippen LogP) is 2.87. The highest BCUT2D eigenvalue weighted by atomic mass is 16.5. The van der Waals surface area contributed by atoms with Gasteiger partial charge in [0.05, 0.1) is 12.7 Å². The first kappa shape index (κ1) is 19.1. The summed E-state index contributed by atoms with van der Waals surface area (Å²) in [5.74, 6) is 0.116. The molecule has 2 aromatic carbocycles. The Morgan fingerprint density at radius 3 is 2.37 bits per heavy atom. The number of nitrogens with one attached hydrogen (secondary N) is 2. The van der Waals surface area contributed by atoms with Gasteiger partial charge in [0.25, 0.3) is 11.8 Å². The SMILES string of the molecule is Cc1ccc(C(=O)NC[C@@H]2C[C@H](CNC(=O)c3ccccc3)CO2)cc1C. The van der Waals surface area contributed by atoms with E-state index in [1.54, 1.807) is 12.1 Å². The quantitative estimate of drug-likeness (QED) is 0.826. The molecule has 1 heterocycles. The number of aryl methyl sites for hydroxylation is 2. The molecule has 1 aliphatic rings. The second-order valence-corrected chi connectivity index (χ2v) is 7.14. The molecule has 0 radical (unpaired) electrons. The summed E-state index contributed by atoms with van der Waals surface area (Å²) in [5, 5.41) is 5.90. The number of carbonyl (C=O) groups is 2. The molecule has 27 heavy (non-hydrogen) atoms. The van der Waals surface area contributed by atoms with E-state index >= 15 is 0 Å². The van der Waals surface area contributed by atoms with E-state index in [4.69, 9.17) is 4.74 Å². The second kappa shape index (κ2) is 8.82. The Balaban J connectivity index is 1.41. The number of rotatable bonds is 6. The standard InChI is InChI=1S/C22H26N2O3/c1-15-8-9-19(10-16(15)2)22(26)24-13-20-11-17(14-27-20)12-23-21(25)18-6-4-3-5-7-18/h3-10,17,20H,11-14H2,1-2H3,(H,23,25)(H,24,26)/t17-,20+/m1/s1. The molecule has 142 valence electrons. The fourth-order valence-corrected chi connectivity index (χ4v) is 3.18. The van der Waals surface area contributed by atoms with Crippen LogP contribution in [-0.4, -0.2) is 37.6 Å². The molecule has 1 aliphatic heterocycles. The van der Waals surface area contributed by atoms with Crippen molar-refractivity contribution in [1.82, 2.24) is 10.6 Å². The highest BCUT2D eigenvalue weighted by Gasteiger charge is 2.26. The van der Waals surface area contributed by atoms with E-state index in [1.165, 1.54) is 5.56 Å². The first-order chi connectivity index (χ1) is 13.0. The lowest BCUT2D eigenvalue weighted by Gasteiger charge is -2.12. The van der Waals surface area contributed by atoms with E-state index in [9.17, 15) is 9.59 Å². The monoisotopic (exact) mass is 366 g/mol. The fourth-order valence-electron chi connectivity index (χ4n) is 3.18. The van der Waals surface area contributed by atoms with Crippen LogP contribution in [0, 0.1) is 19.8 Å². The maximum absolute atomic E-state index is 12.3. The van der Waals surface area contributed by atoms with Gasteiger partial charge in [0.15, 0.2) is 0 Å². The molecule has 5 nitrogen and oxygen atoms in total. The van der Waals surface area contributed by atoms with Crippen molar-refractivity contribution in [3.05, 3.63) is 70.8 Å². The van der Waals surface area contributed by atoms with Crippen molar-refractivity contribution >= 4 is 11.8 Å². The van der Waals surface area contributed by atoms with Crippen molar-refractivity contribution in [3.8, 4) is 0 Å². The second-order valence-electron chi connectivity index (χ2n) is 7.14. The third kappa shape index (κ3) is 5.17. The molecule has 1 fully saturated rings. The minimum atomic E-state index is -0.0810. The molecule has 0 saturated carbocycles. The van der Waals surface area contributed by atoms with Crippen LogP contribution in [0.2, 0.25) is 0 Å². The largest absolute Gasteiger partial charge is 0.376 e. The van der Waals surface area contributed by atoms with Gasteiger partial charge in [-0.3, -0.25) is 9.59 Å². The van der Waals surface area contributed by atoms with Gasteiger partial charge in [-0.15, -0.1) is 0 Å². The zero-order chi connectivity index (χ0) is 19.2. The molecule has 0 aromatic heterocycles. The molecule has 0 aliphatic carbocycles. The van der Waals surface area contributed by atoms with Gasteiger partial charge in [0, 0.05) is 30.1 Å². The zero-order valence-electron chi connectivity index (χ0n) is 15.8. The number of hydrogen-bond acceptors (Lipinski definition) is 3. The number of carbonyl (C=O) groups excluding carboxylic acids is 2. The molecular formula is C22H26N2O3. The fraction of sp³-hybridized carbons (Fsp3) is 0.364. The summed E-state index contributed by atoms with van der Waals surface area (Å²) in [6.07, 6.45) is 0.807. The lowest BCUT2D eigenvalue weighted by atomic mass is 10.0. The number of ether oxygens (including phenoxy) is 1. The maximum atomic E-state index is 12.3. The Labute approximate surface area is 160 Å². The normalized spacial score (nSPS) is 18.9. The molecule has 2 N–H and O–H groups in total. The summed E-state index contributed by atoms with van der Waals surface area (Å²) in [6.45, 7) is 5.68. The molecular weight excluding hydrogens is 340 g/mol. The highest BCUT2D eigenvalue weighted by molar-refractivity contribution is 5.94. The molecule has 0 bridgehead atoms. The van der Waals surface area contributed by atoms with Crippen LogP contribution in [-0.2, 0) is 4.74 Å². The lowest BCUT2D eigenvalue weighted by Crippen LogP contribution is -2.32. The maximum Gasteiger partial charge on any atom is 0.251 e. The minimum Gasteiger partial charge on any atom is -0.376 e. The third-order valence-electron chi connectivity index (χ3n) is 5.01. The van der Waals surface area contributed by atoms with Crippen LogP contribution in [0.3, 0.4) is 0 Å². The summed E-state index contributed by atoms with van der Waals surface area (Å²) in [4.78, 5) is 24.4. The van der Waals surface area contributed by atoms with Gasteiger partial charge in [-0.2, -0.15) is 0 Å². The van der Waals surface area contributed by atoms with Gasteiger partial charge in [0.1, 0.15) is 0 Å². The Bertz CT molecular complexity index is 804. The van der Waals surface area contributed by atoms with Gasteiger partial charge in [-0.05, 0) is 55.7 Å². The topological polar surface area (TPSA) is 67.4 Å². The Morgan fingerprint density at radius 1 is 0.926 bits per heavy atom. The minimum absolute atomic E-state index is 0.0147. The van der Waals surface area contributed by atoms with Crippen LogP contribution < -0.4 is 10.6 Å². The molecule has 3 rings (SSSR count). The van der Waals surface area contributed by atoms with E-state index in [2.05, 4.69) is 10.6 Å². The van der Waals surface area contributed by atoms with E-state index < -0.39 is 0 Å². The van der Waals surface area contributed by atoms with Crippen LogP contribution in [0.4, 0.5) is 0 Å². The van der Waals surface area contributed by atoms with Crippen LogP contribution in [0.5, 0.6) is 0 Å². The predicted molar refractivity (Wildman–Crippen MR) is 105 cm³/mol. The van der Waals surface area contributed by atoms with Crippen molar-refractivity contribution < 1.29 is 14.3 Å². The molecule has 2 amide bonds. The van der Waals surface area contributed by atoms with E-state index in [1.807, 2.05) is 50.2 Å². The molecule has 0 spiro atoms. The zero-order valence-corrected chi connectivity index (χ0v) is 15.8. The summed E-state index contributed by atoms with van der Waals surface area (Å²) in [5.41, 5.74) is 3.61. The average molecular weight is 366 g/mol. The lowest BCUT2D eigenvalue weighted by molar-refractivity contribution is 0.0843. The number of hydrogen-bond donors (Lipinski definition) is 2. The van der Waals surface area contributed by atoms with Crippen LogP contribution in [0.1, 0.15) is 38.3 Å². The summed E-state index contributed by atoms with van der Waals surface area (Å²) in [6, 6.07) is 14.9. The van der Waals surface area contributed by atoms with Crippen LogP contribution in [0.15, 0.2) is 48.5 Å². The van der Waals surface area contributed by atoms with Gasteiger partial charge < -0.3 is 15.4 Å². The van der Waals surface area contributed by atoms with Crippen molar-refractivity contribution in [2.24, 2.45) is 5.92 Å². The van der Waals surface area contributed by atoms with Gasteiger partial charge in [0.2, 0.25) is 0 Å². The molecule has 0 unspecified atom stereocenters. The van der Waals surface area contributed by atoms with Crippen molar-refractivity contribution in [2.45, 2.75) is 26.4 Å². The first-order valence-corrected chi connectivity index (χ1v) is 9.33. The van der Waals surface area contributed by atoms with Crippen molar-refractivity contribution in [3.63, 3.8) is 0 Å². The van der Waals surface area contributed by atoms with E-state index in [0.717, 1.165) is 12.0 Å². The summed E-state index contributed by atoms with van der Waals surface area (Å²) < 4.78 is 5.77. The highest BCUT2D eigenvalue weighted by Crippen LogP contribution is 2.19. The van der Waals surface area contributed by atoms with Crippen molar-refractivity contribution in [2.75, 3.05) is 19.7 Å². The number of benzene rings is 2. The van der Waals surface area contributed by atoms with E-state index in [0.29, 0.717) is 30.8 Å². The molecule has 1 saturated heterocycles. The Morgan fingerprint density at radius 2 is 1.63 bits per heavy atom. The Kier molecular flexibility index (Phi) is 6.24. The first-order valence-electron chi connectivity index (χ1n) is 9.33. The number of amides is 2. The smallest absolute Gasteiger partial charge is 0.251 e. The van der Waals surface area contributed by atoms with Crippen LogP contribution >= 0.6 is 0 Å². The van der Waals surface area contributed by atoms with Gasteiger partial charge in [-0.1, -0.05) is 24.3 Å². The summed E-state index contributed by atoms with van der Waals surface area (Å²) >= 11 is 0. The molecule has 5 heteroatoms. The van der Waals surface area contributed by atoms with Crippen LogP contribution in [0.25, 0.3) is 0 Å². The van der Waals surface area contributed by atoms with Gasteiger partial charge >= 0.3 is 0 Å². The average Bonchev–Trinajstić information content (AvgIpc) is 3.15. The third-order valence-corrected chi connectivity index (χ3v) is 5.01. The molecule has 2 atom stereocenters. The summed E-state index contributed by atoms with van der Waals surface area (Å²) in [7, 11) is 0. The molecule has 2 aromatic rings. The van der Waals surface area contributed by atoms with Gasteiger partial charge in [-0.25, -0.2) is 0 Å². The van der Waals surface area contributed by atoms with E-state index in [-0.39, 0.29) is 23.8 Å². The van der Waals surface area contributed by atoms with Crippen molar-refractivity contribution in [1.29, 1.82) is 0 Å².